The third kappa shape index (κ3) is 2.46. The minimum absolute atomic E-state index is 0.207. The molecule has 17 heavy (non-hydrogen) atoms. The van der Waals surface area contributed by atoms with Gasteiger partial charge in [-0.2, -0.15) is 0 Å². The Morgan fingerprint density at radius 1 is 1.00 bits per heavy atom. The Kier molecular flexibility index (Phi) is 4.02. The molecule has 96 valence electrons. The Bertz CT molecular complexity index is 305. The van der Waals surface area contributed by atoms with E-state index in [1.54, 1.807) is 0 Å². The van der Waals surface area contributed by atoms with E-state index in [9.17, 15) is 4.79 Å². The van der Waals surface area contributed by atoms with Gasteiger partial charge in [0, 0.05) is 13.1 Å². The van der Waals surface area contributed by atoms with Gasteiger partial charge in [0.05, 0.1) is 10.4 Å². The van der Waals surface area contributed by atoms with Crippen molar-refractivity contribution in [2.75, 3.05) is 13.1 Å². The molecule has 1 amide bonds. The van der Waals surface area contributed by atoms with Gasteiger partial charge >= 0.3 is 0 Å². The molecule has 0 aromatic carbocycles. The fraction of sp³-hybridized carbons (Fsp3) is 0.846. The van der Waals surface area contributed by atoms with Crippen molar-refractivity contribution in [2.45, 2.75) is 51.4 Å². The number of nitrogens with zero attached hydrogens (tertiary/aromatic N) is 1. The van der Waals surface area contributed by atoms with Gasteiger partial charge in [0.15, 0.2) is 0 Å². The molecule has 0 aromatic heterocycles. The third-order valence-corrected chi connectivity index (χ3v) is 4.62. The summed E-state index contributed by atoms with van der Waals surface area (Å²) in [5, 5.41) is 0. The molecule has 1 heterocycles. The smallest absolute Gasteiger partial charge is 0.235 e. The molecule has 1 aliphatic heterocycles. The van der Waals surface area contributed by atoms with Crippen LogP contribution in [0.1, 0.15) is 51.4 Å². The van der Waals surface area contributed by atoms with E-state index in [1.807, 2.05) is 4.90 Å². The monoisotopic (exact) mass is 254 g/mol. The summed E-state index contributed by atoms with van der Waals surface area (Å²) in [6.45, 7) is 1.78. The van der Waals surface area contributed by atoms with E-state index in [-0.39, 0.29) is 5.91 Å². The SMILES string of the molecule is NC(=S)C1(C(=O)N2CCCCCCC2)CCC1. The summed E-state index contributed by atoms with van der Waals surface area (Å²) in [5.41, 5.74) is 5.32. The van der Waals surface area contributed by atoms with Crippen molar-refractivity contribution in [2.24, 2.45) is 11.1 Å². The zero-order valence-corrected chi connectivity index (χ0v) is 11.2. The molecule has 0 atom stereocenters. The minimum Gasteiger partial charge on any atom is -0.392 e. The number of carbonyl (C=O) groups excluding carboxylic acids is 1. The van der Waals surface area contributed by atoms with Crippen LogP contribution >= 0.6 is 12.2 Å². The molecule has 0 bridgehead atoms. The quantitative estimate of drug-likeness (QED) is 0.769. The van der Waals surface area contributed by atoms with Crippen molar-refractivity contribution < 1.29 is 4.79 Å². The van der Waals surface area contributed by atoms with E-state index in [0.29, 0.717) is 4.99 Å². The van der Waals surface area contributed by atoms with E-state index in [1.165, 1.54) is 19.3 Å². The largest absolute Gasteiger partial charge is 0.392 e. The van der Waals surface area contributed by atoms with Gasteiger partial charge in [0.2, 0.25) is 5.91 Å². The van der Waals surface area contributed by atoms with Gasteiger partial charge in [0.1, 0.15) is 0 Å². The van der Waals surface area contributed by atoms with Crippen molar-refractivity contribution in [3.8, 4) is 0 Å². The van der Waals surface area contributed by atoms with Crippen molar-refractivity contribution in [1.82, 2.24) is 4.90 Å². The van der Waals surface area contributed by atoms with Gasteiger partial charge in [-0.25, -0.2) is 0 Å². The highest BCUT2D eigenvalue weighted by Gasteiger charge is 2.48. The van der Waals surface area contributed by atoms with Crippen LogP contribution in [0.15, 0.2) is 0 Å². The van der Waals surface area contributed by atoms with Crippen LogP contribution in [0.25, 0.3) is 0 Å². The van der Waals surface area contributed by atoms with Crippen LogP contribution in [-0.2, 0) is 4.79 Å². The summed E-state index contributed by atoms with van der Waals surface area (Å²) in [4.78, 5) is 15.0. The average molecular weight is 254 g/mol. The van der Waals surface area contributed by atoms with Crippen LogP contribution in [0, 0.1) is 5.41 Å². The van der Waals surface area contributed by atoms with Crippen LogP contribution < -0.4 is 5.73 Å². The molecule has 0 radical (unpaired) electrons. The molecule has 0 aromatic rings. The van der Waals surface area contributed by atoms with Gasteiger partial charge < -0.3 is 10.6 Å². The first kappa shape index (κ1) is 12.8. The van der Waals surface area contributed by atoms with E-state index >= 15 is 0 Å². The average Bonchev–Trinajstić information content (AvgIpc) is 2.13. The number of thiocarbonyl (C=S) groups is 1. The second-order valence-electron chi connectivity index (χ2n) is 5.36. The Hall–Kier alpha value is -0.640. The zero-order valence-electron chi connectivity index (χ0n) is 10.4. The van der Waals surface area contributed by atoms with Crippen molar-refractivity contribution in [3.05, 3.63) is 0 Å². The van der Waals surface area contributed by atoms with Gasteiger partial charge in [-0.3, -0.25) is 4.79 Å². The van der Waals surface area contributed by atoms with E-state index in [4.69, 9.17) is 18.0 Å². The van der Waals surface area contributed by atoms with Crippen molar-refractivity contribution in [1.29, 1.82) is 0 Å². The molecular formula is C13H22N2OS. The maximum Gasteiger partial charge on any atom is 0.235 e. The fourth-order valence-electron chi connectivity index (χ4n) is 2.85. The van der Waals surface area contributed by atoms with E-state index in [0.717, 1.165) is 45.2 Å². The number of carbonyl (C=O) groups is 1. The third-order valence-electron chi connectivity index (χ3n) is 4.23. The zero-order chi connectivity index (χ0) is 12.3. The van der Waals surface area contributed by atoms with Crippen molar-refractivity contribution in [3.63, 3.8) is 0 Å². The topological polar surface area (TPSA) is 46.3 Å². The molecule has 2 aliphatic rings. The molecule has 3 nitrogen and oxygen atoms in total. The fourth-order valence-corrected chi connectivity index (χ4v) is 3.14. The molecule has 1 saturated carbocycles. The Balaban J connectivity index is 2.04. The Morgan fingerprint density at radius 3 is 1.94 bits per heavy atom. The van der Waals surface area contributed by atoms with Crippen LogP contribution in [-0.4, -0.2) is 28.9 Å². The second kappa shape index (κ2) is 5.34. The maximum atomic E-state index is 12.6. The minimum atomic E-state index is -0.478. The molecule has 0 spiro atoms. The summed E-state index contributed by atoms with van der Waals surface area (Å²) in [5.74, 6) is 0.207. The lowest BCUT2D eigenvalue weighted by molar-refractivity contribution is -0.142. The number of amides is 1. The van der Waals surface area contributed by atoms with E-state index < -0.39 is 5.41 Å². The van der Waals surface area contributed by atoms with Gasteiger partial charge in [-0.15, -0.1) is 0 Å². The lowest BCUT2D eigenvalue weighted by Gasteiger charge is -2.43. The second-order valence-corrected chi connectivity index (χ2v) is 5.80. The van der Waals surface area contributed by atoms with Crippen LogP contribution in [0.4, 0.5) is 0 Å². The molecule has 4 heteroatoms. The molecule has 1 aliphatic carbocycles. The van der Waals surface area contributed by atoms with Crippen molar-refractivity contribution >= 4 is 23.1 Å². The van der Waals surface area contributed by atoms with Crippen LogP contribution in [0.2, 0.25) is 0 Å². The molecule has 2 rings (SSSR count). The highest BCUT2D eigenvalue weighted by atomic mass is 32.1. The molecule has 1 saturated heterocycles. The summed E-state index contributed by atoms with van der Waals surface area (Å²) in [7, 11) is 0. The first-order chi connectivity index (χ1) is 8.17. The summed E-state index contributed by atoms with van der Waals surface area (Å²) >= 11 is 5.12. The lowest BCUT2D eigenvalue weighted by atomic mass is 9.67. The number of hydrogen-bond acceptors (Lipinski definition) is 2. The Labute approximate surface area is 109 Å². The normalized spacial score (nSPS) is 24.4. The standard InChI is InChI=1S/C13H22N2OS/c14-11(17)13(7-6-8-13)12(16)15-9-4-2-1-3-5-10-15/h1-10H2,(H2,14,17). The first-order valence-electron chi connectivity index (χ1n) is 6.76. The summed E-state index contributed by atoms with van der Waals surface area (Å²) in [6, 6.07) is 0. The summed E-state index contributed by atoms with van der Waals surface area (Å²) < 4.78 is 0. The number of hydrogen-bond donors (Lipinski definition) is 1. The molecule has 2 N–H and O–H groups in total. The predicted octanol–water partition coefficient (Wildman–Crippen LogP) is 2.24. The molecule has 2 fully saturated rings. The highest BCUT2D eigenvalue weighted by molar-refractivity contribution is 7.80. The lowest BCUT2D eigenvalue weighted by Crippen LogP contribution is -2.54. The van der Waals surface area contributed by atoms with E-state index in [2.05, 4.69) is 0 Å². The van der Waals surface area contributed by atoms with Gasteiger partial charge in [-0.05, 0) is 25.7 Å². The van der Waals surface area contributed by atoms with Gasteiger partial charge in [-0.1, -0.05) is 37.9 Å². The molecular weight excluding hydrogens is 232 g/mol. The Morgan fingerprint density at radius 2 is 1.53 bits per heavy atom. The number of nitrogens with two attached hydrogens (primary N) is 1. The highest BCUT2D eigenvalue weighted by Crippen LogP contribution is 2.43. The van der Waals surface area contributed by atoms with Crippen LogP contribution in [0.3, 0.4) is 0 Å². The molecule has 0 unspecified atom stereocenters. The van der Waals surface area contributed by atoms with Gasteiger partial charge in [0.25, 0.3) is 0 Å². The summed E-state index contributed by atoms with van der Waals surface area (Å²) in [6.07, 6.45) is 8.83. The van der Waals surface area contributed by atoms with Crippen LogP contribution in [0.5, 0.6) is 0 Å². The predicted molar refractivity (Wildman–Crippen MR) is 72.7 cm³/mol. The first-order valence-corrected chi connectivity index (χ1v) is 7.17. The number of rotatable bonds is 2. The maximum absolute atomic E-state index is 12.6. The number of likely N-dealkylation sites (tertiary alicyclic amines) is 1.